The van der Waals surface area contributed by atoms with Crippen molar-refractivity contribution in [2.24, 2.45) is 0 Å². The highest BCUT2D eigenvalue weighted by molar-refractivity contribution is 9.10. The molecule has 0 unspecified atom stereocenters. The van der Waals surface area contributed by atoms with E-state index in [1.807, 2.05) is 32.9 Å². The van der Waals surface area contributed by atoms with Crippen LogP contribution in [-0.2, 0) is 16.1 Å². The Morgan fingerprint density at radius 2 is 2.17 bits per heavy atom. The zero-order valence-electron chi connectivity index (χ0n) is 13.8. The van der Waals surface area contributed by atoms with E-state index in [1.165, 1.54) is 0 Å². The molecule has 2 rings (SSSR count). The first-order valence-corrected chi connectivity index (χ1v) is 8.45. The molecule has 23 heavy (non-hydrogen) atoms. The van der Waals surface area contributed by atoms with Crippen molar-refractivity contribution in [1.29, 1.82) is 0 Å². The number of hydrogen-bond donors (Lipinski definition) is 0. The average molecular weight is 380 g/mol. The molecule has 5 heteroatoms. The van der Waals surface area contributed by atoms with Crippen LogP contribution < -0.4 is 0 Å². The lowest BCUT2D eigenvalue weighted by Crippen LogP contribution is -2.44. The number of rotatable bonds is 5. The highest BCUT2D eigenvalue weighted by Gasteiger charge is 2.38. The summed E-state index contributed by atoms with van der Waals surface area (Å²) in [6, 6.07) is 5.03. The lowest BCUT2D eigenvalue weighted by molar-refractivity contribution is -0.160. The van der Waals surface area contributed by atoms with Gasteiger partial charge < -0.3 is 9.64 Å². The lowest BCUT2D eigenvalue weighted by atomic mass is 10.1. The molecule has 1 aliphatic rings. The van der Waals surface area contributed by atoms with Gasteiger partial charge in [0.15, 0.2) is 0 Å². The van der Waals surface area contributed by atoms with Crippen molar-refractivity contribution >= 4 is 27.8 Å². The monoisotopic (exact) mass is 379 g/mol. The van der Waals surface area contributed by atoms with Gasteiger partial charge in [-0.1, -0.05) is 28.1 Å². The number of carbonyl (C=O) groups is 2. The van der Waals surface area contributed by atoms with Gasteiger partial charge in [0.25, 0.3) is 5.91 Å². The summed E-state index contributed by atoms with van der Waals surface area (Å²) in [5, 5.41) is 0. The van der Waals surface area contributed by atoms with E-state index in [0.717, 1.165) is 10.0 Å². The van der Waals surface area contributed by atoms with Crippen LogP contribution in [-0.4, -0.2) is 28.4 Å². The van der Waals surface area contributed by atoms with Gasteiger partial charge in [0.1, 0.15) is 11.6 Å². The van der Waals surface area contributed by atoms with Crippen LogP contribution in [0.5, 0.6) is 0 Å². The van der Waals surface area contributed by atoms with Crippen LogP contribution >= 0.6 is 15.9 Å². The van der Waals surface area contributed by atoms with Crippen LogP contribution in [0.25, 0.3) is 0 Å². The van der Waals surface area contributed by atoms with Gasteiger partial charge in [-0.3, -0.25) is 4.79 Å². The number of carbonyl (C=O) groups excluding carboxylic acids is 2. The standard InChI is InChI=1S/C18H22BrNO3/c1-5-6-7-15(17(22)23-18(2,3)4)20-11-12-8-9-13(19)10-14(12)16(20)21/h5,8-10,15H,1,6-7,11H2,2-4H3/t15-/m0/s1. The van der Waals surface area contributed by atoms with Crippen molar-refractivity contribution in [3.63, 3.8) is 0 Å². The Hall–Kier alpha value is -1.62. The van der Waals surface area contributed by atoms with Crippen LogP contribution in [0.15, 0.2) is 35.3 Å². The van der Waals surface area contributed by atoms with Gasteiger partial charge in [0.2, 0.25) is 0 Å². The molecule has 1 heterocycles. The van der Waals surface area contributed by atoms with Crippen LogP contribution in [0.3, 0.4) is 0 Å². The zero-order chi connectivity index (χ0) is 17.2. The van der Waals surface area contributed by atoms with E-state index in [0.29, 0.717) is 24.9 Å². The number of hydrogen-bond acceptors (Lipinski definition) is 3. The minimum absolute atomic E-state index is 0.124. The molecule has 0 saturated heterocycles. The predicted octanol–water partition coefficient (Wildman–Crippen LogP) is 4.08. The summed E-state index contributed by atoms with van der Waals surface area (Å²) in [6.07, 6.45) is 2.91. The molecule has 1 aromatic rings. The van der Waals surface area contributed by atoms with Crippen molar-refractivity contribution in [2.45, 2.75) is 51.8 Å². The van der Waals surface area contributed by atoms with Gasteiger partial charge in [0, 0.05) is 16.6 Å². The maximum Gasteiger partial charge on any atom is 0.329 e. The Kier molecular flexibility index (Phi) is 5.30. The normalized spacial score (nSPS) is 15.3. The highest BCUT2D eigenvalue weighted by Crippen LogP contribution is 2.29. The SMILES string of the molecule is C=CCC[C@@H](C(=O)OC(C)(C)C)N1Cc2ccc(Br)cc2C1=O. The first-order valence-electron chi connectivity index (χ1n) is 7.66. The van der Waals surface area contributed by atoms with Crippen molar-refractivity contribution in [2.75, 3.05) is 0 Å². The number of esters is 1. The molecule has 0 bridgehead atoms. The molecule has 0 saturated carbocycles. The molecule has 124 valence electrons. The number of amides is 1. The fraction of sp³-hybridized carbons (Fsp3) is 0.444. The van der Waals surface area contributed by atoms with Crippen LogP contribution in [0.4, 0.5) is 0 Å². The number of ether oxygens (including phenoxy) is 1. The fourth-order valence-corrected chi connectivity index (χ4v) is 2.95. The van der Waals surface area contributed by atoms with Crippen molar-refractivity contribution in [1.82, 2.24) is 4.90 Å². The molecule has 0 fully saturated rings. The summed E-state index contributed by atoms with van der Waals surface area (Å²) < 4.78 is 6.36. The van der Waals surface area contributed by atoms with E-state index < -0.39 is 11.6 Å². The van der Waals surface area contributed by atoms with E-state index in [2.05, 4.69) is 22.5 Å². The Labute approximate surface area is 145 Å². The number of allylic oxidation sites excluding steroid dienone is 1. The van der Waals surface area contributed by atoms with E-state index in [-0.39, 0.29) is 11.9 Å². The first-order chi connectivity index (χ1) is 10.7. The quantitative estimate of drug-likeness (QED) is 0.571. The molecule has 0 aromatic heterocycles. The second-order valence-corrected chi connectivity index (χ2v) is 7.57. The number of fused-ring (bicyclic) bond motifs is 1. The number of benzene rings is 1. The van der Waals surface area contributed by atoms with Gasteiger partial charge in [-0.2, -0.15) is 0 Å². The highest BCUT2D eigenvalue weighted by atomic mass is 79.9. The summed E-state index contributed by atoms with van der Waals surface area (Å²) in [5.41, 5.74) is 0.999. The molecule has 0 radical (unpaired) electrons. The summed E-state index contributed by atoms with van der Waals surface area (Å²) >= 11 is 3.38. The number of nitrogens with zero attached hydrogens (tertiary/aromatic N) is 1. The maximum absolute atomic E-state index is 12.7. The molecule has 0 N–H and O–H groups in total. The van der Waals surface area contributed by atoms with Gasteiger partial charge in [-0.25, -0.2) is 4.79 Å². The van der Waals surface area contributed by atoms with Gasteiger partial charge in [-0.15, -0.1) is 6.58 Å². The zero-order valence-corrected chi connectivity index (χ0v) is 15.4. The maximum atomic E-state index is 12.7. The van der Waals surface area contributed by atoms with Crippen LogP contribution in [0.2, 0.25) is 0 Å². The molecule has 4 nitrogen and oxygen atoms in total. The molecular weight excluding hydrogens is 358 g/mol. The molecule has 1 aromatic carbocycles. The van der Waals surface area contributed by atoms with E-state index in [4.69, 9.17) is 4.74 Å². The second kappa shape index (κ2) is 6.87. The largest absolute Gasteiger partial charge is 0.458 e. The summed E-state index contributed by atoms with van der Waals surface area (Å²) in [6.45, 7) is 9.61. The molecule has 1 amide bonds. The van der Waals surface area contributed by atoms with E-state index >= 15 is 0 Å². The van der Waals surface area contributed by atoms with Crippen LogP contribution in [0.1, 0.15) is 49.5 Å². The third kappa shape index (κ3) is 4.22. The molecule has 1 aliphatic heterocycles. The molecule has 1 atom stereocenters. The Morgan fingerprint density at radius 3 is 2.78 bits per heavy atom. The Balaban J connectivity index is 2.25. The van der Waals surface area contributed by atoms with Crippen molar-refractivity contribution in [3.05, 3.63) is 46.5 Å². The molecule has 0 spiro atoms. The van der Waals surface area contributed by atoms with E-state index in [1.54, 1.807) is 17.0 Å². The Bertz CT molecular complexity index is 634. The number of halogens is 1. The van der Waals surface area contributed by atoms with Gasteiger partial charge in [0.05, 0.1) is 0 Å². The summed E-state index contributed by atoms with van der Waals surface area (Å²) in [4.78, 5) is 26.9. The summed E-state index contributed by atoms with van der Waals surface area (Å²) in [5.74, 6) is -0.485. The minimum Gasteiger partial charge on any atom is -0.458 e. The van der Waals surface area contributed by atoms with Gasteiger partial charge in [-0.05, 0) is 51.3 Å². The molecular formula is C18H22BrNO3. The molecule has 0 aliphatic carbocycles. The smallest absolute Gasteiger partial charge is 0.329 e. The van der Waals surface area contributed by atoms with Crippen molar-refractivity contribution in [3.8, 4) is 0 Å². The summed E-state index contributed by atoms with van der Waals surface area (Å²) in [7, 11) is 0. The predicted molar refractivity (Wildman–Crippen MR) is 93.1 cm³/mol. The fourth-order valence-electron chi connectivity index (χ4n) is 2.59. The first kappa shape index (κ1) is 17.7. The Morgan fingerprint density at radius 1 is 1.48 bits per heavy atom. The average Bonchev–Trinajstić information content (AvgIpc) is 2.75. The van der Waals surface area contributed by atoms with E-state index in [9.17, 15) is 9.59 Å². The van der Waals surface area contributed by atoms with Crippen molar-refractivity contribution < 1.29 is 14.3 Å². The van der Waals surface area contributed by atoms with Crippen LogP contribution in [0, 0.1) is 0 Å². The minimum atomic E-state index is -0.592. The van der Waals surface area contributed by atoms with Gasteiger partial charge >= 0.3 is 5.97 Å². The third-order valence-corrected chi connectivity index (χ3v) is 4.10. The topological polar surface area (TPSA) is 46.6 Å². The lowest BCUT2D eigenvalue weighted by Gasteiger charge is -2.29. The second-order valence-electron chi connectivity index (χ2n) is 6.65. The third-order valence-electron chi connectivity index (χ3n) is 3.60.